The predicted molar refractivity (Wildman–Crippen MR) is 58.3 cm³/mol. The van der Waals surface area contributed by atoms with Crippen molar-refractivity contribution in [2.75, 3.05) is 6.54 Å². The molecule has 1 saturated carbocycles. The molecule has 1 N–H and O–H groups in total. The fourth-order valence-electron chi connectivity index (χ4n) is 2.87. The molecule has 3 nitrogen and oxygen atoms in total. The van der Waals surface area contributed by atoms with Gasteiger partial charge in [0.15, 0.2) is 0 Å². The van der Waals surface area contributed by atoms with Crippen LogP contribution in [0.25, 0.3) is 0 Å². The van der Waals surface area contributed by atoms with Gasteiger partial charge in [0.05, 0.1) is 12.5 Å². The molecule has 0 aromatic carbocycles. The fraction of sp³-hybridized carbons (Fsp3) is 0.917. The smallest absolute Gasteiger partial charge is 0.225 e. The highest BCUT2D eigenvalue weighted by Gasteiger charge is 2.36. The van der Waals surface area contributed by atoms with Crippen molar-refractivity contribution in [1.29, 1.82) is 0 Å². The summed E-state index contributed by atoms with van der Waals surface area (Å²) in [5.74, 6) is 1.63. The summed E-state index contributed by atoms with van der Waals surface area (Å²) < 4.78 is 0. The van der Waals surface area contributed by atoms with Crippen LogP contribution in [0, 0.1) is 11.8 Å². The van der Waals surface area contributed by atoms with Crippen LogP contribution in [0.15, 0.2) is 0 Å². The highest BCUT2D eigenvalue weighted by Crippen LogP contribution is 2.33. The molecule has 0 aromatic heterocycles. The second-order valence-electron chi connectivity index (χ2n) is 5.33. The average Bonchev–Trinajstić information content (AvgIpc) is 2.50. The quantitative estimate of drug-likeness (QED) is 0.712. The molecule has 1 aliphatic carbocycles. The van der Waals surface area contributed by atoms with Gasteiger partial charge in [0, 0.05) is 12.6 Å². The van der Waals surface area contributed by atoms with E-state index in [-0.39, 0.29) is 5.91 Å². The summed E-state index contributed by atoms with van der Waals surface area (Å²) in [6.45, 7) is 5.12. The molecular formula is C12H21NO2. The number of likely N-dealkylation sites (tertiary alicyclic amines) is 1. The van der Waals surface area contributed by atoms with Crippen molar-refractivity contribution in [3.63, 3.8) is 0 Å². The minimum absolute atomic E-state index is 0.147. The van der Waals surface area contributed by atoms with Gasteiger partial charge >= 0.3 is 0 Å². The Morgan fingerprint density at radius 2 is 2.00 bits per heavy atom. The lowest BCUT2D eigenvalue weighted by molar-refractivity contribution is -0.130. The fourth-order valence-corrected chi connectivity index (χ4v) is 2.87. The number of hydrogen-bond acceptors (Lipinski definition) is 2. The molecule has 1 aliphatic heterocycles. The van der Waals surface area contributed by atoms with Gasteiger partial charge in [-0.2, -0.15) is 0 Å². The van der Waals surface area contributed by atoms with Crippen LogP contribution in [0.2, 0.25) is 0 Å². The van der Waals surface area contributed by atoms with Crippen LogP contribution in [0.5, 0.6) is 0 Å². The van der Waals surface area contributed by atoms with Crippen LogP contribution in [0.1, 0.15) is 39.5 Å². The van der Waals surface area contributed by atoms with Crippen molar-refractivity contribution in [2.45, 2.75) is 51.7 Å². The minimum atomic E-state index is -0.424. The molecule has 0 aromatic rings. The number of β-amino-alcohol motifs (C(OH)–C–C–N with tert-alkyl or cyclic N) is 1. The number of carbonyl (C=O) groups is 1. The SMILES string of the molecule is CC1CCC(N2CC(O)CC2=O)CC1C. The van der Waals surface area contributed by atoms with Crippen LogP contribution < -0.4 is 0 Å². The average molecular weight is 211 g/mol. The molecule has 1 amide bonds. The van der Waals surface area contributed by atoms with Crippen molar-refractivity contribution in [2.24, 2.45) is 11.8 Å². The van der Waals surface area contributed by atoms with Crippen LogP contribution >= 0.6 is 0 Å². The van der Waals surface area contributed by atoms with E-state index in [9.17, 15) is 9.90 Å². The Kier molecular flexibility index (Phi) is 3.01. The van der Waals surface area contributed by atoms with E-state index in [0.717, 1.165) is 18.8 Å². The summed E-state index contributed by atoms with van der Waals surface area (Å²) in [6.07, 6.45) is 3.35. The maximum Gasteiger partial charge on any atom is 0.225 e. The number of carbonyl (C=O) groups excluding carboxylic acids is 1. The zero-order chi connectivity index (χ0) is 11.0. The van der Waals surface area contributed by atoms with Gasteiger partial charge in [-0.15, -0.1) is 0 Å². The lowest BCUT2D eigenvalue weighted by atomic mass is 9.78. The molecule has 0 bridgehead atoms. The van der Waals surface area contributed by atoms with E-state index >= 15 is 0 Å². The Balaban J connectivity index is 1.97. The van der Waals surface area contributed by atoms with Gasteiger partial charge in [-0.05, 0) is 31.1 Å². The molecule has 86 valence electrons. The van der Waals surface area contributed by atoms with Crippen molar-refractivity contribution in [3.05, 3.63) is 0 Å². The third-order valence-electron chi connectivity index (χ3n) is 4.15. The monoisotopic (exact) mass is 211 g/mol. The van der Waals surface area contributed by atoms with Gasteiger partial charge in [-0.1, -0.05) is 13.8 Å². The zero-order valence-corrected chi connectivity index (χ0v) is 9.65. The lowest BCUT2D eigenvalue weighted by Gasteiger charge is -2.37. The number of aliphatic hydroxyl groups is 1. The first kappa shape index (κ1) is 10.9. The van der Waals surface area contributed by atoms with Crippen molar-refractivity contribution < 1.29 is 9.90 Å². The second kappa shape index (κ2) is 4.12. The third-order valence-corrected chi connectivity index (χ3v) is 4.15. The van der Waals surface area contributed by atoms with E-state index in [1.54, 1.807) is 0 Å². The van der Waals surface area contributed by atoms with E-state index in [4.69, 9.17) is 0 Å². The minimum Gasteiger partial charge on any atom is -0.391 e. The normalized spacial score (nSPS) is 42.3. The Morgan fingerprint density at radius 1 is 1.27 bits per heavy atom. The van der Waals surface area contributed by atoms with E-state index in [2.05, 4.69) is 13.8 Å². The summed E-state index contributed by atoms with van der Waals surface area (Å²) in [6, 6.07) is 0.390. The summed E-state index contributed by atoms with van der Waals surface area (Å²) in [5, 5.41) is 9.46. The van der Waals surface area contributed by atoms with Crippen molar-refractivity contribution >= 4 is 5.91 Å². The summed E-state index contributed by atoms with van der Waals surface area (Å²) in [4.78, 5) is 13.5. The molecule has 4 unspecified atom stereocenters. The molecule has 15 heavy (non-hydrogen) atoms. The molecule has 1 saturated heterocycles. The van der Waals surface area contributed by atoms with E-state index in [1.807, 2.05) is 4.90 Å². The number of hydrogen-bond donors (Lipinski definition) is 1. The molecule has 2 fully saturated rings. The van der Waals surface area contributed by atoms with Crippen LogP contribution in [-0.4, -0.2) is 34.6 Å². The Bertz CT molecular complexity index is 254. The van der Waals surface area contributed by atoms with Gasteiger partial charge in [0.1, 0.15) is 0 Å². The van der Waals surface area contributed by atoms with E-state index in [0.29, 0.717) is 24.9 Å². The highest BCUT2D eigenvalue weighted by atomic mass is 16.3. The Labute approximate surface area is 91.5 Å². The van der Waals surface area contributed by atoms with Crippen LogP contribution in [0.3, 0.4) is 0 Å². The molecule has 3 heteroatoms. The first-order valence-electron chi connectivity index (χ1n) is 6.05. The van der Waals surface area contributed by atoms with E-state index in [1.165, 1.54) is 6.42 Å². The second-order valence-corrected chi connectivity index (χ2v) is 5.33. The molecular weight excluding hydrogens is 190 g/mol. The summed E-state index contributed by atoms with van der Waals surface area (Å²) in [5.41, 5.74) is 0. The molecule has 2 rings (SSSR count). The largest absolute Gasteiger partial charge is 0.391 e. The third kappa shape index (κ3) is 2.17. The molecule has 1 heterocycles. The highest BCUT2D eigenvalue weighted by molar-refractivity contribution is 5.79. The number of aliphatic hydroxyl groups excluding tert-OH is 1. The van der Waals surface area contributed by atoms with Gasteiger partial charge < -0.3 is 10.0 Å². The Hall–Kier alpha value is -0.570. The number of nitrogens with zero attached hydrogens (tertiary/aromatic N) is 1. The maximum absolute atomic E-state index is 11.6. The first-order chi connectivity index (χ1) is 7.08. The maximum atomic E-state index is 11.6. The summed E-state index contributed by atoms with van der Waals surface area (Å²) >= 11 is 0. The van der Waals surface area contributed by atoms with Gasteiger partial charge in [0.25, 0.3) is 0 Å². The van der Waals surface area contributed by atoms with Gasteiger partial charge in [-0.25, -0.2) is 0 Å². The van der Waals surface area contributed by atoms with Crippen LogP contribution in [-0.2, 0) is 4.79 Å². The summed E-state index contributed by atoms with van der Waals surface area (Å²) in [7, 11) is 0. The standard InChI is InChI=1S/C12H21NO2/c1-8-3-4-10(5-9(8)2)13-7-11(14)6-12(13)15/h8-11,14H,3-7H2,1-2H3. The Morgan fingerprint density at radius 3 is 2.53 bits per heavy atom. The predicted octanol–water partition coefficient (Wildman–Crippen LogP) is 1.40. The van der Waals surface area contributed by atoms with Crippen molar-refractivity contribution in [1.82, 2.24) is 4.90 Å². The number of amides is 1. The van der Waals surface area contributed by atoms with Gasteiger partial charge in [0.2, 0.25) is 5.91 Å². The molecule has 2 aliphatic rings. The van der Waals surface area contributed by atoms with Crippen molar-refractivity contribution in [3.8, 4) is 0 Å². The molecule has 4 atom stereocenters. The number of rotatable bonds is 1. The lowest BCUT2D eigenvalue weighted by Crippen LogP contribution is -2.41. The topological polar surface area (TPSA) is 40.5 Å². The van der Waals surface area contributed by atoms with Gasteiger partial charge in [-0.3, -0.25) is 4.79 Å². The molecule has 0 spiro atoms. The van der Waals surface area contributed by atoms with E-state index < -0.39 is 6.10 Å². The zero-order valence-electron chi connectivity index (χ0n) is 9.65. The first-order valence-corrected chi connectivity index (χ1v) is 6.05. The van der Waals surface area contributed by atoms with Crippen LogP contribution in [0.4, 0.5) is 0 Å². The molecule has 0 radical (unpaired) electrons.